The maximum atomic E-state index is 12.5. The van der Waals surface area contributed by atoms with Crippen LogP contribution in [0.5, 0.6) is 0 Å². The Morgan fingerprint density at radius 1 is 0.833 bits per heavy atom. The standard InChI is InChI=1S/C15H15F2NO4S2/c1-10-3-6-14(9-11(10)2)24(21,22)18-12-4-7-13(8-5-12)23(19,20)15(16)17/h3-9,15,18H,1-2H3. The minimum Gasteiger partial charge on any atom is -0.280 e. The van der Waals surface area contributed by atoms with Gasteiger partial charge in [-0.1, -0.05) is 6.07 Å². The van der Waals surface area contributed by atoms with Gasteiger partial charge in [0, 0.05) is 5.69 Å². The quantitative estimate of drug-likeness (QED) is 0.871. The van der Waals surface area contributed by atoms with E-state index in [4.69, 9.17) is 0 Å². The van der Waals surface area contributed by atoms with Crippen LogP contribution >= 0.6 is 0 Å². The number of hydrogen-bond donors (Lipinski definition) is 1. The van der Waals surface area contributed by atoms with Gasteiger partial charge in [0.25, 0.3) is 10.0 Å². The molecule has 9 heteroatoms. The average molecular weight is 375 g/mol. The summed E-state index contributed by atoms with van der Waals surface area (Å²) in [5, 5.41) is 0. The van der Waals surface area contributed by atoms with Crippen molar-refractivity contribution in [2.45, 2.75) is 29.4 Å². The maximum Gasteiger partial charge on any atom is 0.341 e. The fraction of sp³-hybridized carbons (Fsp3) is 0.200. The molecule has 0 heterocycles. The van der Waals surface area contributed by atoms with Crippen molar-refractivity contribution in [1.82, 2.24) is 0 Å². The fourth-order valence-electron chi connectivity index (χ4n) is 1.91. The molecule has 1 N–H and O–H groups in total. The number of benzene rings is 2. The molecule has 2 aromatic rings. The molecule has 2 rings (SSSR count). The van der Waals surface area contributed by atoms with E-state index in [9.17, 15) is 25.6 Å². The predicted octanol–water partition coefficient (Wildman–Crippen LogP) is 3.10. The molecular weight excluding hydrogens is 360 g/mol. The summed E-state index contributed by atoms with van der Waals surface area (Å²) in [6.07, 6.45) is 0. The number of sulfone groups is 1. The molecule has 0 saturated carbocycles. The van der Waals surface area contributed by atoms with Gasteiger partial charge in [-0.05, 0) is 61.4 Å². The number of aryl methyl sites for hydroxylation is 2. The smallest absolute Gasteiger partial charge is 0.280 e. The van der Waals surface area contributed by atoms with Crippen LogP contribution in [0.4, 0.5) is 14.5 Å². The van der Waals surface area contributed by atoms with E-state index in [-0.39, 0.29) is 10.6 Å². The van der Waals surface area contributed by atoms with Gasteiger partial charge in [-0.15, -0.1) is 0 Å². The van der Waals surface area contributed by atoms with Gasteiger partial charge >= 0.3 is 5.76 Å². The van der Waals surface area contributed by atoms with E-state index in [1.54, 1.807) is 13.0 Å². The van der Waals surface area contributed by atoms with Crippen LogP contribution < -0.4 is 4.72 Å². The van der Waals surface area contributed by atoms with E-state index in [0.29, 0.717) is 0 Å². The average Bonchev–Trinajstić information content (AvgIpc) is 2.50. The zero-order valence-electron chi connectivity index (χ0n) is 12.8. The molecule has 130 valence electrons. The lowest BCUT2D eigenvalue weighted by Crippen LogP contribution is -2.14. The third kappa shape index (κ3) is 3.73. The molecule has 0 aliphatic carbocycles. The highest BCUT2D eigenvalue weighted by Crippen LogP contribution is 2.22. The monoisotopic (exact) mass is 375 g/mol. The molecule has 0 amide bonds. The Bertz CT molecular complexity index is 953. The predicted molar refractivity (Wildman–Crippen MR) is 86.4 cm³/mol. The topological polar surface area (TPSA) is 80.3 Å². The number of nitrogens with one attached hydrogen (secondary N) is 1. The first kappa shape index (κ1) is 18.3. The van der Waals surface area contributed by atoms with E-state index < -0.39 is 30.5 Å². The highest BCUT2D eigenvalue weighted by Gasteiger charge is 2.26. The zero-order valence-corrected chi connectivity index (χ0v) is 14.5. The first-order chi connectivity index (χ1) is 11.0. The van der Waals surface area contributed by atoms with E-state index in [0.717, 1.165) is 35.4 Å². The normalized spacial score (nSPS) is 12.4. The summed E-state index contributed by atoms with van der Waals surface area (Å²) in [6.45, 7) is 3.62. The van der Waals surface area contributed by atoms with Crippen LogP contribution in [0.2, 0.25) is 0 Å². The molecule has 0 saturated heterocycles. The molecule has 0 atom stereocenters. The molecule has 24 heavy (non-hydrogen) atoms. The maximum absolute atomic E-state index is 12.5. The lowest BCUT2D eigenvalue weighted by Gasteiger charge is -2.10. The molecule has 2 aromatic carbocycles. The second-order valence-electron chi connectivity index (χ2n) is 5.18. The van der Waals surface area contributed by atoms with Crippen LogP contribution in [0.25, 0.3) is 0 Å². The summed E-state index contributed by atoms with van der Waals surface area (Å²) in [5.74, 6) is -3.53. The Balaban J connectivity index is 2.29. The number of hydrogen-bond acceptors (Lipinski definition) is 4. The van der Waals surface area contributed by atoms with Crippen LogP contribution in [-0.2, 0) is 19.9 Å². The van der Waals surface area contributed by atoms with Gasteiger partial charge in [-0.2, -0.15) is 8.78 Å². The highest BCUT2D eigenvalue weighted by atomic mass is 32.2. The summed E-state index contributed by atoms with van der Waals surface area (Å²) in [5.41, 5.74) is 1.81. The van der Waals surface area contributed by atoms with Gasteiger partial charge in [-0.25, -0.2) is 16.8 Å². The fourth-order valence-corrected chi connectivity index (χ4v) is 3.78. The molecule has 0 spiro atoms. The first-order valence-corrected chi connectivity index (χ1v) is 9.79. The van der Waals surface area contributed by atoms with Crippen molar-refractivity contribution in [3.05, 3.63) is 53.6 Å². The van der Waals surface area contributed by atoms with Crippen molar-refractivity contribution in [3.63, 3.8) is 0 Å². The van der Waals surface area contributed by atoms with Crippen LogP contribution in [0, 0.1) is 13.8 Å². The minimum atomic E-state index is -4.71. The van der Waals surface area contributed by atoms with Gasteiger partial charge < -0.3 is 0 Å². The van der Waals surface area contributed by atoms with Crippen LogP contribution in [0.3, 0.4) is 0 Å². The Morgan fingerprint density at radius 2 is 1.38 bits per heavy atom. The molecule has 0 aliphatic rings. The minimum absolute atomic E-state index is 0.0508. The summed E-state index contributed by atoms with van der Waals surface area (Å²) in [6, 6.07) is 8.72. The lowest BCUT2D eigenvalue weighted by molar-refractivity contribution is 0.234. The Labute approximate surface area is 139 Å². The third-order valence-electron chi connectivity index (χ3n) is 3.46. The molecule has 0 bridgehead atoms. The summed E-state index contributed by atoms with van der Waals surface area (Å²) < 4.78 is 74.5. The Hall–Kier alpha value is -2.00. The van der Waals surface area contributed by atoms with E-state index in [1.807, 2.05) is 6.92 Å². The highest BCUT2D eigenvalue weighted by molar-refractivity contribution is 7.92. The summed E-state index contributed by atoms with van der Waals surface area (Å²) in [4.78, 5) is -0.526. The zero-order chi connectivity index (χ0) is 18.1. The van der Waals surface area contributed by atoms with Crippen LogP contribution in [0.15, 0.2) is 52.3 Å². The number of halogens is 2. The summed E-state index contributed by atoms with van der Waals surface area (Å²) in [7, 11) is -8.58. The van der Waals surface area contributed by atoms with Crippen LogP contribution in [-0.4, -0.2) is 22.6 Å². The Kier molecular flexibility index (Phi) is 4.95. The van der Waals surface area contributed by atoms with Crippen molar-refractivity contribution >= 4 is 25.5 Å². The summed E-state index contributed by atoms with van der Waals surface area (Å²) >= 11 is 0. The van der Waals surface area contributed by atoms with Gasteiger partial charge in [-0.3, -0.25) is 4.72 Å². The number of rotatable bonds is 5. The lowest BCUT2D eigenvalue weighted by atomic mass is 10.1. The molecule has 0 radical (unpaired) electrons. The second-order valence-corrected chi connectivity index (χ2v) is 8.78. The van der Waals surface area contributed by atoms with E-state index in [1.165, 1.54) is 12.1 Å². The number of alkyl halides is 2. The van der Waals surface area contributed by atoms with Crippen molar-refractivity contribution < 1.29 is 25.6 Å². The van der Waals surface area contributed by atoms with Crippen molar-refractivity contribution in [2.75, 3.05) is 4.72 Å². The van der Waals surface area contributed by atoms with Gasteiger partial charge in [0.2, 0.25) is 9.84 Å². The van der Waals surface area contributed by atoms with E-state index >= 15 is 0 Å². The number of sulfonamides is 1. The van der Waals surface area contributed by atoms with Gasteiger partial charge in [0.15, 0.2) is 0 Å². The van der Waals surface area contributed by atoms with Gasteiger partial charge in [0.1, 0.15) is 0 Å². The first-order valence-electron chi connectivity index (χ1n) is 6.76. The molecule has 0 unspecified atom stereocenters. The molecule has 0 fully saturated rings. The SMILES string of the molecule is Cc1ccc(S(=O)(=O)Nc2ccc(S(=O)(=O)C(F)F)cc2)cc1C. The van der Waals surface area contributed by atoms with Crippen molar-refractivity contribution in [3.8, 4) is 0 Å². The second kappa shape index (κ2) is 6.48. The van der Waals surface area contributed by atoms with E-state index in [2.05, 4.69) is 4.72 Å². The molecule has 5 nitrogen and oxygen atoms in total. The third-order valence-corrected chi connectivity index (χ3v) is 6.24. The molecule has 0 aromatic heterocycles. The number of anilines is 1. The molecular formula is C15H15F2NO4S2. The van der Waals surface area contributed by atoms with Gasteiger partial charge in [0.05, 0.1) is 9.79 Å². The van der Waals surface area contributed by atoms with Crippen molar-refractivity contribution in [1.29, 1.82) is 0 Å². The molecule has 0 aliphatic heterocycles. The largest absolute Gasteiger partial charge is 0.341 e. The Morgan fingerprint density at radius 3 is 1.88 bits per heavy atom. The van der Waals surface area contributed by atoms with Crippen molar-refractivity contribution in [2.24, 2.45) is 0 Å². The van der Waals surface area contributed by atoms with Crippen LogP contribution in [0.1, 0.15) is 11.1 Å².